The zero-order chi connectivity index (χ0) is 23.0. The Bertz CT molecular complexity index is 1030. The second-order valence-corrected chi connectivity index (χ2v) is 9.35. The number of morpholine rings is 1. The molecule has 2 aromatic carbocycles. The van der Waals surface area contributed by atoms with Crippen molar-refractivity contribution in [1.82, 2.24) is 4.31 Å². The van der Waals surface area contributed by atoms with Crippen LogP contribution in [0.5, 0.6) is 5.75 Å². The third-order valence-electron chi connectivity index (χ3n) is 5.26. The number of benzene rings is 2. The van der Waals surface area contributed by atoms with Gasteiger partial charge in [-0.3, -0.25) is 4.79 Å². The largest absolute Gasteiger partial charge is 0.495 e. The van der Waals surface area contributed by atoms with Crippen LogP contribution in [0.4, 0.5) is 5.69 Å². The van der Waals surface area contributed by atoms with E-state index in [1.165, 1.54) is 17.5 Å². The maximum Gasteiger partial charge on any atom is 0.250 e. The summed E-state index contributed by atoms with van der Waals surface area (Å²) < 4.78 is 38.3. The first-order chi connectivity index (χ1) is 15.5. The summed E-state index contributed by atoms with van der Waals surface area (Å²) in [7, 11) is -2.30. The fraction of sp³-hybridized carbons (Fsp3) is 0.375. The molecule has 1 fully saturated rings. The lowest BCUT2D eigenvalue weighted by molar-refractivity contribution is -0.114. The number of carbonyl (C=O) groups is 1. The molecule has 7 nitrogen and oxygen atoms in total. The highest BCUT2D eigenvalue weighted by atomic mass is 32.2. The van der Waals surface area contributed by atoms with Crippen molar-refractivity contribution < 1.29 is 22.7 Å². The van der Waals surface area contributed by atoms with Crippen molar-refractivity contribution in [2.24, 2.45) is 0 Å². The van der Waals surface area contributed by atoms with E-state index in [4.69, 9.17) is 9.47 Å². The van der Waals surface area contributed by atoms with E-state index < -0.39 is 10.0 Å². The third kappa shape index (κ3) is 5.76. The van der Waals surface area contributed by atoms with Gasteiger partial charge in [-0.25, -0.2) is 8.42 Å². The lowest BCUT2D eigenvalue weighted by Gasteiger charge is -2.26. The number of anilines is 1. The summed E-state index contributed by atoms with van der Waals surface area (Å²) in [5, 5.41) is 0. The fourth-order valence-electron chi connectivity index (χ4n) is 3.47. The Morgan fingerprint density at radius 2 is 1.88 bits per heavy atom. The van der Waals surface area contributed by atoms with Gasteiger partial charge in [-0.2, -0.15) is 4.31 Å². The van der Waals surface area contributed by atoms with E-state index >= 15 is 0 Å². The molecule has 1 heterocycles. The quantitative estimate of drug-likeness (QED) is 0.537. The first-order valence-corrected chi connectivity index (χ1v) is 12.2. The van der Waals surface area contributed by atoms with Crippen LogP contribution in [-0.4, -0.2) is 58.6 Å². The lowest BCUT2D eigenvalue weighted by atomic mass is 10.2. The number of hydrogen-bond donors (Lipinski definition) is 0. The molecule has 1 aliphatic heterocycles. The molecule has 0 N–H and O–H groups in total. The molecule has 1 aliphatic rings. The zero-order valence-corrected chi connectivity index (χ0v) is 19.4. The van der Waals surface area contributed by atoms with Crippen LogP contribution >= 0.6 is 0 Å². The summed E-state index contributed by atoms with van der Waals surface area (Å²) in [5.74, 6) is 0.117. The lowest BCUT2D eigenvalue weighted by Crippen LogP contribution is -2.40. The number of rotatable bonds is 9. The van der Waals surface area contributed by atoms with Crippen LogP contribution in [0, 0.1) is 0 Å². The minimum atomic E-state index is -3.74. The molecular weight excluding hydrogens is 428 g/mol. The summed E-state index contributed by atoms with van der Waals surface area (Å²) in [4.78, 5) is 14.8. The molecule has 1 amide bonds. The van der Waals surface area contributed by atoms with E-state index in [-0.39, 0.29) is 16.6 Å². The number of unbranched alkanes of at least 4 members (excludes halogenated alkanes) is 1. The van der Waals surface area contributed by atoms with Crippen LogP contribution in [0.1, 0.15) is 25.3 Å². The molecule has 0 bridgehead atoms. The SMILES string of the molecule is CCCCN(C(=O)/C=C/c1ccc(OC)c(S(=O)(=O)N2CCOCC2)c1)c1ccccc1. The van der Waals surface area contributed by atoms with E-state index in [9.17, 15) is 13.2 Å². The number of carbonyl (C=O) groups excluding carboxylic acids is 1. The summed E-state index contributed by atoms with van der Waals surface area (Å²) in [6, 6.07) is 14.4. The van der Waals surface area contributed by atoms with Gasteiger partial charge in [0.25, 0.3) is 5.91 Å². The van der Waals surface area contributed by atoms with Crippen molar-refractivity contribution in [3.05, 3.63) is 60.2 Å². The van der Waals surface area contributed by atoms with Gasteiger partial charge in [0.1, 0.15) is 10.6 Å². The van der Waals surface area contributed by atoms with Gasteiger partial charge in [-0.1, -0.05) is 37.6 Å². The van der Waals surface area contributed by atoms with E-state index in [2.05, 4.69) is 6.92 Å². The Labute approximate surface area is 190 Å². The van der Waals surface area contributed by atoms with E-state index in [1.54, 1.807) is 29.2 Å². The van der Waals surface area contributed by atoms with Gasteiger partial charge in [-0.05, 0) is 42.3 Å². The molecule has 0 unspecified atom stereocenters. The molecule has 3 rings (SSSR count). The van der Waals surface area contributed by atoms with Crippen LogP contribution < -0.4 is 9.64 Å². The van der Waals surface area contributed by atoms with Gasteiger partial charge in [0.2, 0.25) is 10.0 Å². The topological polar surface area (TPSA) is 76.2 Å². The molecule has 0 atom stereocenters. The number of nitrogens with zero attached hydrogens (tertiary/aromatic N) is 2. The van der Waals surface area contributed by atoms with Gasteiger partial charge >= 0.3 is 0 Å². The van der Waals surface area contributed by atoms with Gasteiger partial charge in [0.15, 0.2) is 0 Å². The first kappa shape index (κ1) is 24.0. The summed E-state index contributed by atoms with van der Waals surface area (Å²) >= 11 is 0. The Kier molecular flexibility index (Phi) is 8.44. The van der Waals surface area contributed by atoms with E-state index in [0.717, 1.165) is 18.5 Å². The molecule has 32 heavy (non-hydrogen) atoms. The van der Waals surface area contributed by atoms with Crippen molar-refractivity contribution in [2.45, 2.75) is 24.7 Å². The minimum Gasteiger partial charge on any atom is -0.495 e. The maximum absolute atomic E-state index is 13.2. The molecule has 0 saturated carbocycles. The molecule has 0 radical (unpaired) electrons. The summed E-state index contributed by atoms with van der Waals surface area (Å²) in [6.07, 6.45) is 4.98. The Morgan fingerprint density at radius 3 is 2.53 bits per heavy atom. The molecule has 8 heteroatoms. The molecule has 2 aromatic rings. The molecule has 0 spiro atoms. The first-order valence-electron chi connectivity index (χ1n) is 10.8. The highest BCUT2D eigenvalue weighted by molar-refractivity contribution is 7.89. The number of methoxy groups -OCH3 is 1. The number of sulfonamides is 1. The summed E-state index contributed by atoms with van der Waals surface area (Å²) in [6.45, 7) is 4.02. The fourth-order valence-corrected chi connectivity index (χ4v) is 5.07. The van der Waals surface area contributed by atoms with Crippen LogP contribution in [0.2, 0.25) is 0 Å². The van der Waals surface area contributed by atoms with Crippen LogP contribution in [-0.2, 0) is 19.6 Å². The van der Waals surface area contributed by atoms with Crippen LogP contribution in [0.3, 0.4) is 0 Å². The van der Waals surface area contributed by atoms with Crippen molar-refractivity contribution in [2.75, 3.05) is 44.9 Å². The Balaban J connectivity index is 1.86. The molecule has 0 aromatic heterocycles. The average Bonchev–Trinajstić information content (AvgIpc) is 2.84. The second-order valence-electron chi connectivity index (χ2n) is 7.44. The van der Waals surface area contributed by atoms with Crippen LogP contribution in [0.25, 0.3) is 6.08 Å². The zero-order valence-electron chi connectivity index (χ0n) is 18.6. The normalized spacial score (nSPS) is 15.1. The van der Waals surface area contributed by atoms with Crippen molar-refractivity contribution in [1.29, 1.82) is 0 Å². The molecule has 0 aliphatic carbocycles. The minimum absolute atomic E-state index is 0.0856. The number of ether oxygens (including phenoxy) is 2. The van der Waals surface area contributed by atoms with E-state index in [1.807, 2.05) is 30.3 Å². The highest BCUT2D eigenvalue weighted by Crippen LogP contribution is 2.29. The number of hydrogen-bond acceptors (Lipinski definition) is 5. The summed E-state index contributed by atoms with van der Waals surface area (Å²) in [5.41, 5.74) is 1.44. The van der Waals surface area contributed by atoms with Crippen molar-refractivity contribution >= 4 is 27.7 Å². The predicted octanol–water partition coefficient (Wildman–Crippen LogP) is 3.56. The Morgan fingerprint density at radius 1 is 1.16 bits per heavy atom. The second kappa shape index (κ2) is 11.3. The van der Waals surface area contributed by atoms with Crippen molar-refractivity contribution in [3.63, 3.8) is 0 Å². The van der Waals surface area contributed by atoms with Gasteiger partial charge in [-0.15, -0.1) is 0 Å². The maximum atomic E-state index is 13.2. The van der Waals surface area contributed by atoms with Gasteiger partial charge in [0, 0.05) is 31.4 Å². The van der Waals surface area contributed by atoms with Crippen molar-refractivity contribution in [3.8, 4) is 5.75 Å². The monoisotopic (exact) mass is 458 g/mol. The average molecular weight is 459 g/mol. The predicted molar refractivity (Wildman–Crippen MR) is 125 cm³/mol. The smallest absolute Gasteiger partial charge is 0.250 e. The molecular formula is C24H30N2O5S. The van der Waals surface area contributed by atoms with Gasteiger partial charge < -0.3 is 14.4 Å². The Hall–Kier alpha value is -2.68. The van der Waals surface area contributed by atoms with E-state index in [0.29, 0.717) is 38.4 Å². The van der Waals surface area contributed by atoms with Gasteiger partial charge in [0.05, 0.1) is 20.3 Å². The number of para-hydroxylation sites is 1. The van der Waals surface area contributed by atoms with Crippen LogP contribution in [0.15, 0.2) is 59.5 Å². The highest BCUT2D eigenvalue weighted by Gasteiger charge is 2.29. The number of amides is 1. The molecule has 1 saturated heterocycles. The molecule has 172 valence electrons. The standard InChI is InChI=1S/C24H30N2O5S/c1-3-4-14-26(21-8-6-5-7-9-21)24(27)13-11-20-10-12-22(30-2)23(19-20)32(28,29)25-15-17-31-18-16-25/h5-13,19H,3-4,14-18H2,1-2H3/b13-11+. The third-order valence-corrected chi connectivity index (χ3v) is 7.18.